The highest BCUT2D eigenvalue weighted by Crippen LogP contribution is 2.36. The van der Waals surface area contributed by atoms with E-state index in [1.165, 1.54) is 33.9 Å². The van der Waals surface area contributed by atoms with Crippen LogP contribution in [0.3, 0.4) is 0 Å². The first kappa shape index (κ1) is 34.0. The Balaban J connectivity index is 1.15. The molecule has 4 aromatic rings. The third kappa shape index (κ3) is 7.38. The van der Waals surface area contributed by atoms with Gasteiger partial charge in [0, 0.05) is 89.1 Å². The number of sulfonamides is 1. The smallest absolute Gasteiger partial charge is 0.351 e. The molecule has 17 heteroatoms. The first-order valence-corrected chi connectivity index (χ1v) is 17.4. The second-order valence-corrected chi connectivity index (χ2v) is 14.5. The highest BCUT2D eigenvalue weighted by molar-refractivity contribution is 7.89. The maximum atomic E-state index is 14.1. The van der Waals surface area contributed by atoms with E-state index in [1.54, 1.807) is 11.6 Å². The number of alkyl halides is 3. The molecule has 13 nitrogen and oxygen atoms in total. The van der Waals surface area contributed by atoms with Crippen LogP contribution in [0.1, 0.15) is 43.6 Å². The van der Waals surface area contributed by atoms with Crippen molar-refractivity contribution in [3.8, 4) is 16.9 Å². The molecule has 2 aliphatic heterocycles. The second-order valence-electron chi connectivity index (χ2n) is 12.6. The van der Waals surface area contributed by atoms with Crippen LogP contribution in [0.4, 0.5) is 19.1 Å². The number of nitrogens with zero attached hydrogens (tertiary/aromatic N) is 10. The summed E-state index contributed by atoms with van der Waals surface area (Å²) >= 11 is 0. The molecule has 0 amide bonds. The van der Waals surface area contributed by atoms with Crippen molar-refractivity contribution in [2.45, 2.75) is 63.4 Å². The van der Waals surface area contributed by atoms with Crippen molar-refractivity contribution in [1.82, 2.24) is 48.4 Å². The summed E-state index contributed by atoms with van der Waals surface area (Å²) < 4.78 is 72.6. The molecule has 0 aliphatic carbocycles. The summed E-state index contributed by atoms with van der Waals surface area (Å²) in [7, 11) is -2.05. The van der Waals surface area contributed by atoms with Gasteiger partial charge < -0.3 is 9.88 Å². The number of pyridine rings is 1. The van der Waals surface area contributed by atoms with Crippen molar-refractivity contribution in [3.05, 3.63) is 60.2 Å². The zero-order valence-corrected chi connectivity index (χ0v) is 28.2. The summed E-state index contributed by atoms with van der Waals surface area (Å²) in [5.74, 6) is 0.0215. The van der Waals surface area contributed by atoms with E-state index in [9.17, 15) is 21.6 Å². The Labute approximate surface area is 277 Å². The Morgan fingerprint density at radius 1 is 0.979 bits per heavy atom. The fourth-order valence-corrected chi connectivity index (χ4v) is 7.57. The molecule has 6 rings (SSSR count). The van der Waals surface area contributed by atoms with E-state index in [0.29, 0.717) is 30.3 Å². The molecule has 0 saturated carbocycles. The van der Waals surface area contributed by atoms with Crippen LogP contribution in [-0.2, 0) is 29.8 Å². The van der Waals surface area contributed by atoms with Crippen molar-refractivity contribution in [2.75, 3.05) is 44.6 Å². The first-order chi connectivity index (χ1) is 22.8. The van der Waals surface area contributed by atoms with Crippen LogP contribution < -0.4 is 5.32 Å². The summed E-state index contributed by atoms with van der Waals surface area (Å²) in [6, 6.07) is 4.10. The summed E-state index contributed by atoms with van der Waals surface area (Å²) in [6.45, 7) is 11.4. The molecule has 0 unspecified atom stereocenters. The van der Waals surface area contributed by atoms with Gasteiger partial charge in [0.05, 0.1) is 35.3 Å². The van der Waals surface area contributed by atoms with E-state index in [2.05, 4.69) is 49.0 Å². The van der Waals surface area contributed by atoms with Gasteiger partial charge >= 0.3 is 6.18 Å². The van der Waals surface area contributed by atoms with Crippen LogP contribution in [0.2, 0.25) is 0 Å². The molecular formula is C31H40F3N11O2S. The standard InChI is InChI=1S/C31H40F3N11O2S/c1-21(2)43-13-11-42(12-14-43)18-25-5-6-27(22(3)38-25)45-17-23(15-37-45)29-26(31(32,33)34)16-35-30(40-29)39-24-7-9-44(10-8-24)48(46,47)28-19-41(4)20-36-28/h5-6,15-17,19-21,24H,7-14,18H2,1-4H3,(H,35,39,40). The van der Waals surface area contributed by atoms with Crippen molar-refractivity contribution < 1.29 is 21.6 Å². The van der Waals surface area contributed by atoms with Crippen LogP contribution in [-0.4, -0.2) is 108 Å². The van der Waals surface area contributed by atoms with Crippen molar-refractivity contribution in [2.24, 2.45) is 7.05 Å². The topological polar surface area (TPSA) is 130 Å². The van der Waals surface area contributed by atoms with Crippen LogP contribution >= 0.6 is 0 Å². The van der Waals surface area contributed by atoms with Crippen LogP contribution in [0.15, 0.2) is 48.3 Å². The SMILES string of the molecule is Cc1nc(CN2CCN(C(C)C)CC2)ccc1-n1cc(-c2nc(NC3CCN(S(=O)(=O)c4cn(C)cn4)CC3)ncc2C(F)(F)F)cn1. The van der Waals surface area contributed by atoms with Crippen LogP contribution in [0.25, 0.3) is 16.9 Å². The molecule has 2 fully saturated rings. The molecule has 2 saturated heterocycles. The second kappa shape index (κ2) is 13.5. The number of hydrogen-bond acceptors (Lipinski definition) is 10. The van der Waals surface area contributed by atoms with E-state index in [0.717, 1.165) is 44.6 Å². The molecule has 0 spiro atoms. The molecule has 6 heterocycles. The van der Waals surface area contributed by atoms with Crippen LogP contribution in [0, 0.1) is 6.92 Å². The van der Waals surface area contributed by atoms with Crippen molar-refractivity contribution in [1.29, 1.82) is 0 Å². The molecule has 1 N–H and O–H groups in total. The van der Waals surface area contributed by atoms with Gasteiger partial charge in [0.1, 0.15) is 5.56 Å². The lowest BCUT2D eigenvalue weighted by molar-refractivity contribution is -0.137. The van der Waals surface area contributed by atoms with E-state index < -0.39 is 21.8 Å². The molecule has 0 radical (unpaired) electrons. The minimum Gasteiger partial charge on any atom is -0.351 e. The molecule has 2 aliphatic rings. The summed E-state index contributed by atoms with van der Waals surface area (Å²) in [5.41, 5.74) is 1.18. The molecule has 0 aromatic carbocycles. The lowest BCUT2D eigenvalue weighted by atomic mass is 10.1. The lowest BCUT2D eigenvalue weighted by Gasteiger charge is -2.36. The number of aromatic nitrogens is 7. The lowest BCUT2D eigenvalue weighted by Crippen LogP contribution is -2.48. The largest absolute Gasteiger partial charge is 0.419 e. The van der Waals surface area contributed by atoms with Gasteiger partial charge in [-0.3, -0.25) is 14.8 Å². The quantitative estimate of drug-likeness (QED) is 0.279. The van der Waals surface area contributed by atoms with E-state index >= 15 is 0 Å². The van der Waals surface area contributed by atoms with Gasteiger partial charge in [0.25, 0.3) is 10.0 Å². The third-order valence-electron chi connectivity index (χ3n) is 8.91. The van der Waals surface area contributed by atoms with Gasteiger partial charge in [0.15, 0.2) is 5.03 Å². The van der Waals surface area contributed by atoms with Gasteiger partial charge in [-0.1, -0.05) is 0 Å². The van der Waals surface area contributed by atoms with E-state index in [1.807, 2.05) is 19.1 Å². The Bertz CT molecular complexity index is 1840. The fraction of sp³-hybridized carbons (Fsp3) is 0.516. The molecule has 4 aromatic heterocycles. The molecule has 258 valence electrons. The van der Waals surface area contributed by atoms with Crippen LogP contribution in [0.5, 0.6) is 0 Å². The highest BCUT2D eigenvalue weighted by atomic mass is 32.2. The van der Waals surface area contributed by atoms with Gasteiger partial charge in [-0.15, -0.1) is 0 Å². The van der Waals surface area contributed by atoms with E-state index in [4.69, 9.17) is 4.98 Å². The maximum absolute atomic E-state index is 14.1. The Morgan fingerprint density at radius 2 is 1.71 bits per heavy atom. The minimum atomic E-state index is -4.69. The number of rotatable bonds is 9. The van der Waals surface area contributed by atoms with Gasteiger partial charge in [-0.25, -0.2) is 28.1 Å². The zero-order chi connectivity index (χ0) is 34.2. The predicted molar refractivity (Wildman–Crippen MR) is 173 cm³/mol. The van der Waals surface area contributed by atoms with Crippen molar-refractivity contribution in [3.63, 3.8) is 0 Å². The number of piperidine rings is 1. The number of aryl methyl sites for hydroxylation is 2. The Kier molecular flexibility index (Phi) is 9.57. The monoisotopic (exact) mass is 687 g/mol. The van der Waals surface area contributed by atoms with Crippen molar-refractivity contribution >= 4 is 16.0 Å². The maximum Gasteiger partial charge on any atom is 0.419 e. The summed E-state index contributed by atoms with van der Waals surface area (Å²) in [6.07, 6.45) is 2.64. The van der Waals surface area contributed by atoms with E-state index in [-0.39, 0.29) is 41.4 Å². The zero-order valence-electron chi connectivity index (χ0n) is 27.4. The number of halogens is 3. The molecule has 48 heavy (non-hydrogen) atoms. The molecule has 0 atom stereocenters. The van der Waals surface area contributed by atoms with Gasteiger partial charge in [-0.05, 0) is 45.7 Å². The average molecular weight is 688 g/mol. The molecular weight excluding hydrogens is 647 g/mol. The summed E-state index contributed by atoms with van der Waals surface area (Å²) in [4.78, 5) is 21.8. The summed E-state index contributed by atoms with van der Waals surface area (Å²) in [5, 5.41) is 7.45. The van der Waals surface area contributed by atoms with Gasteiger partial charge in [-0.2, -0.15) is 22.6 Å². The number of imidazole rings is 1. The Morgan fingerprint density at radius 3 is 2.33 bits per heavy atom. The highest BCUT2D eigenvalue weighted by Gasteiger charge is 2.36. The minimum absolute atomic E-state index is 0.0215. The third-order valence-corrected chi connectivity index (χ3v) is 10.7. The normalized spacial score (nSPS) is 17.8. The number of nitrogens with one attached hydrogen (secondary N) is 1. The molecule has 0 bridgehead atoms. The average Bonchev–Trinajstić information content (AvgIpc) is 3.71. The Hall–Kier alpha value is -3.93. The number of hydrogen-bond donors (Lipinski definition) is 1. The fourth-order valence-electron chi connectivity index (χ4n) is 6.14. The van der Waals surface area contributed by atoms with Gasteiger partial charge in [0.2, 0.25) is 5.95 Å². The number of piperazine rings is 1. The number of anilines is 1. The first-order valence-electron chi connectivity index (χ1n) is 15.9. The predicted octanol–water partition coefficient (Wildman–Crippen LogP) is 3.58.